The van der Waals surface area contributed by atoms with E-state index < -0.39 is 0 Å². The van der Waals surface area contributed by atoms with Gasteiger partial charge in [-0.25, -0.2) is 0 Å². The molecule has 2 nitrogen and oxygen atoms in total. The van der Waals surface area contributed by atoms with Gasteiger partial charge in [0.1, 0.15) is 0 Å². The molecule has 0 saturated carbocycles. The zero-order valence-corrected chi connectivity index (χ0v) is 13.6. The van der Waals surface area contributed by atoms with E-state index in [1.807, 2.05) is 34.6 Å². The molecule has 0 radical (unpaired) electrons. The molecule has 13 heavy (non-hydrogen) atoms. The fourth-order valence-electron chi connectivity index (χ4n) is 0.400. The smallest absolute Gasteiger partial charge is 0.586 e. The van der Waals surface area contributed by atoms with Gasteiger partial charge in [-0.15, -0.1) is 0 Å². The molecule has 0 aromatic carbocycles. The molecule has 0 aliphatic rings. The van der Waals surface area contributed by atoms with Crippen LogP contribution in [0.1, 0.15) is 48.0 Å². The summed E-state index contributed by atoms with van der Waals surface area (Å²) in [5.41, 5.74) is 0.562. The number of nitrogens with zero attached hydrogens (tertiary/aromatic N) is 1. The molecule has 0 bridgehead atoms. The Morgan fingerprint density at radius 3 is 1.62 bits per heavy atom. The predicted octanol–water partition coefficient (Wildman–Crippen LogP) is 1.06. The third-order valence-electron chi connectivity index (χ3n) is 0.873. The minimum absolute atomic E-state index is 0. The van der Waals surface area contributed by atoms with Crippen LogP contribution in [0.2, 0.25) is 0 Å². The molecular formula is C10H24KN2-. The monoisotopic (exact) mass is 211 g/mol. The summed E-state index contributed by atoms with van der Waals surface area (Å²) in [6.07, 6.45) is 0.970. The molecule has 0 aromatic heterocycles. The van der Waals surface area contributed by atoms with E-state index in [2.05, 4.69) is 0 Å². The van der Waals surface area contributed by atoms with Crippen molar-refractivity contribution in [2.24, 2.45) is 0 Å². The van der Waals surface area contributed by atoms with Crippen LogP contribution >= 0.6 is 0 Å². The molecule has 76 valence electrons. The topological polar surface area (TPSA) is 27.0 Å². The maximum Gasteiger partial charge on any atom is 1.00 e. The van der Waals surface area contributed by atoms with Gasteiger partial charge in [-0.05, 0) is 13.0 Å². The van der Waals surface area contributed by atoms with E-state index in [1.54, 1.807) is 6.92 Å². The third kappa shape index (κ3) is 24.6. The quantitative estimate of drug-likeness (QED) is 0.390. The summed E-state index contributed by atoms with van der Waals surface area (Å²) in [6, 6.07) is 0. The Morgan fingerprint density at radius 2 is 1.54 bits per heavy atom. The normalized spacial score (nSPS) is 6.38. The SMILES string of the molecule is CC.CC.[CH-]=C(C)N([NH-])CCC.[K+]. The van der Waals surface area contributed by atoms with Gasteiger partial charge in [-0.2, -0.15) is 5.70 Å². The summed E-state index contributed by atoms with van der Waals surface area (Å²) >= 11 is 0. The fraction of sp³-hybridized carbons (Fsp3) is 0.800. The molecule has 0 unspecified atom stereocenters. The van der Waals surface area contributed by atoms with Crippen LogP contribution in [0.15, 0.2) is 5.70 Å². The molecule has 0 aliphatic heterocycles. The van der Waals surface area contributed by atoms with Crippen LogP contribution in [0.4, 0.5) is 0 Å². The van der Waals surface area contributed by atoms with Crippen LogP contribution < -0.4 is 51.4 Å². The first-order chi connectivity index (χ1) is 5.68. The molecule has 0 aliphatic carbocycles. The molecule has 1 N–H and O–H groups in total. The first kappa shape index (κ1) is 23.7. The number of rotatable bonds is 3. The third-order valence-corrected chi connectivity index (χ3v) is 0.873. The van der Waals surface area contributed by atoms with Crippen LogP contribution in [0.5, 0.6) is 0 Å². The van der Waals surface area contributed by atoms with Gasteiger partial charge in [0.25, 0.3) is 0 Å². The Morgan fingerprint density at radius 1 is 1.23 bits per heavy atom. The van der Waals surface area contributed by atoms with Crippen LogP contribution in [0, 0.1) is 6.58 Å². The van der Waals surface area contributed by atoms with E-state index in [0.717, 1.165) is 13.0 Å². The minimum atomic E-state index is 0. The Balaban J connectivity index is -0.0000000712. The second kappa shape index (κ2) is 23.2. The van der Waals surface area contributed by atoms with Crippen molar-refractivity contribution in [3.63, 3.8) is 0 Å². The maximum absolute atomic E-state index is 7.10. The molecule has 0 heterocycles. The first-order valence-corrected chi connectivity index (χ1v) is 4.76. The van der Waals surface area contributed by atoms with Crippen molar-refractivity contribution in [1.29, 1.82) is 0 Å². The van der Waals surface area contributed by atoms with Crippen molar-refractivity contribution in [2.75, 3.05) is 6.54 Å². The molecular weight excluding hydrogens is 187 g/mol. The van der Waals surface area contributed by atoms with Crippen LogP contribution in [0.3, 0.4) is 0 Å². The van der Waals surface area contributed by atoms with Crippen molar-refractivity contribution in [3.8, 4) is 0 Å². The molecule has 0 aromatic rings. The molecule has 0 rings (SSSR count). The number of hydrogen-bond donors (Lipinski definition) is 0. The van der Waals surface area contributed by atoms with Crippen LogP contribution in [0.25, 0.3) is 5.84 Å². The van der Waals surface area contributed by atoms with Crippen molar-refractivity contribution in [3.05, 3.63) is 18.1 Å². The summed E-state index contributed by atoms with van der Waals surface area (Å²) in [6.45, 7) is 17.7. The zero-order chi connectivity index (χ0) is 10.6. The Hall–Kier alpha value is 1.14. The number of nitrogens with one attached hydrogen (secondary N) is 1. The van der Waals surface area contributed by atoms with Crippen molar-refractivity contribution >= 4 is 0 Å². The van der Waals surface area contributed by atoms with E-state index in [9.17, 15) is 0 Å². The number of hydrogen-bond acceptors (Lipinski definition) is 1. The van der Waals surface area contributed by atoms with Crippen LogP contribution in [-0.4, -0.2) is 11.6 Å². The van der Waals surface area contributed by atoms with E-state index in [-0.39, 0.29) is 51.4 Å². The summed E-state index contributed by atoms with van der Waals surface area (Å²) < 4.78 is 0. The van der Waals surface area contributed by atoms with Gasteiger partial charge in [-0.1, -0.05) is 41.5 Å². The first-order valence-electron chi connectivity index (χ1n) is 4.76. The van der Waals surface area contributed by atoms with Gasteiger partial charge >= 0.3 is 51.4 Å². The summed E-state index contributed by atoms with van der Waals surface area (Å²) in [7, 11) is 0. The van der Waals surface area contributed by atoms with E-state index in [4.69, 9.17) is 12.4 Å². The average Bonchev–Trinajstić information content (AvgIpc) is 2.12. The fourth-order valence-corrected chi connectivity index (χ4v) is 0.400. The average molecular weight is 211 g/mol. The predicted molar refractivity (Wildman–Crippen MR) is 57.5 cm³/mol. The van der Waals surface area contributed by atoms with Gasteiger partial charge in [0.05, 0.1) is 0 Å². The largest absolute Gasteiger partial charge is 1.00 e. The Bertz CT molecular complexity index is 85.0. The van der Waals surface area contributed by atoms with Gasteiger partial charge in [0.2, 0.25) is 0 Å². The molecule has 0 amide bonds. The molecule has 0 spiro atoms. The Labute approximate surface area is 127 Å². The minimum Gasteiger partial charge on any atom is -0.586 e. The second-order valence-corrected chi connectivity index (χ2v) is 1.79. The molecule has 3 heteroatoms. The summed E-state index contributed by atoms with van der Waals surface area (Å²) in [5, 5.41) is 1.29. The Kier molecular flexibility index (Phi) is 42.3. The number of allylic oxidation sites excluding steroid dienone is 1. The van der Waals surface area contributed by atoms with E-state index in [1.165, 1.54) is 5.01 Å². The van der Waals surface area contributed by atoms with Gasteiger partial charge in [0, 0.05) is 0 Å². The van der Waals surface area contributed by atoms with Crippen molar-refractivity contribution < 1.29 is 51.4 Å². The van der Waals surface area contributed by atoms with Gasteiger partial charge in [-0.3, -0.25) is 0 Å². The van der Waals surface area contributed by atoms with Crippen molar-refractivity contribution in [1.82, 2.24) is 5.01 Å². The maximum atomic E-state index is 7.10. The summed E-state index contributed by atoms with van der Waals surface area (Å²) in [4.78, 5) is 0. The zero-order valence-electron chi connectivity index (χ0n) is 10.4. The molecule has 0 atom stereocenters. The molecule has 0 fully saturated rings. The van der Waals surface area contributed by atoms with Gasteiger partial charge in [0.15, 0.2) is 0 Å². The standard InChI is InChI=1S/C6H12N2.2C2H6.K/c1-4-5-8(7)6(2)3;2*1-2;/h2,7H,4-5H2,1,3H3;2*1-2H3;/q-2;;;+1. The van der Waals surface area contributed by atoms with Crippen molar-refractivity contribution in [2.45, 2.75) is 48.0 Å². The second-order valence-electron chi connectivity index (χ2n) is 1.79. The van der Waals surface area contributed by atoms with Crippen LogP contribution in [-0.2, 0) is 0 Å². The summed E-state index contributed by atoms with van der Waals surface area (Å²) in [5.74, 6) is 7.10. The van der Waals surface area contributed by atoms with E-state index in [0.29, 0.717) is 5.70 Å². The van der Waals surface area contributed by atoms with Gasteiger partial charge < -0.3 is 17.4 Å². The molecule has 0 saturated heterocycles. The van der Waals surface area contributed by atoms with E-state index >= 15 is 0 Å².